The van der Waals surface area contributed by atoms with Crippen LogP contribution in [0.15, 0.2) is 12.3 Å². The molecule has 0 atom stereocenters. The molecular weight excluding hydrogens is 142 g/mol. The molecule has 0 saturated carbocycles. The molecule has 1 aliphatic rings. The van der Waals surface area contributed by atoms with Gasteiger partial charge in [-0.15, -0.1) is 0 Å². The molecule has 0 aliphatic carbocycles. The van der Waals surface area contributed by atoms with Gasteiger partial charge in [0, 0.05) is 25.4 Å². The summed E-state index contributed by atoms with van der Waals surface area (Å²) in [6, 6.07) is 1.48. The molecule has 0 radical (unpaired) electrons. The molecule has 1 aromatic heterocycles. The predicted octanol–water partition coefficient (Wildman–Crippen LogP) is 0.392. The molecule has 1 N–H and O–H groups in total. The summed E-state index contributed by atoms with van der Waals surface area (Å²) in [5, 5.41) is 9.00. The van der Waals surface area contributed by atoms with Crippen molar-refractivity contribution in [2.75, 3.05) is 18.0 Å². The van der Waals surface area contributed by atoms with E-state index >= 15 is 0 Å². The van der Waals surface area contributed by atoms with E-state index in [0.717, 1.165) is 13.1 Å². The number of anilines is 1. The molecule has 0 unspecified atom stereocenters. The van der Waals surface area contributed by atoms with Crippen LogP contribution in [0.3, 0.4) is 0 Å². The minimum absolute atomic E-state index is 0.0434. The summed E-state index contributed by atoms with van der Waals surface area (Å²) in [5.74, 6) is 0.679. The Morgan fingerprint density at radius 2 is 2.27 bits per heavy atom. The highest BCUT2D eigenvalue weighted by Crippen LogP contribution is 2.16. The van der Waals surface area contributed by atoms with Gasteiger partial charge in [0.05, 0.1) is 0 Å². The normalized spacial score (nSPS) is 16.2. The van der Waals surface area contributed by atoms with Gasteiger partial charge in [-0.3, -0.25) is 0 Å². The third kappa shape index (κ3) is 1.11. The van der Waals surface area contributed by atoms with Crippen LogP contribution >= 0.6 is 0 Å². The average Bonchev–Trinajstić information content (AvgIpc) is 1.83. The summed E-state index contributed by atoms with van der Waals surface area (Å²) in [6.45, 7) is 2.01. The van der Waals surface area contributed by atoms with E-state index in [1.807, 2.05) is 4.90 Å². The van der Waals surface area contributed by atoms with E-state index in [-0.39, 0.29) is 5.88 Å². The smallest absolute Gasteiger partial charge is 0.228 e. The summed E-state index contributed by atoms with van der Waals surface area (Å²) in [4.78, 5) is 9.91. The maximum absolute atomic E-state index is 9.00. The van der Waals surface area contributed by atoms with E-state index < -0.39 is 0 Å². The van der Waals surface area contributed by atoms with Crippen LogP contribution in [0, 0.1) is 0 Å². The minimum atomic E-state index is 0.0434. The summed E-state index contributed by atoms with van der Waals surface area (Å²) in [6.07, 6.45) is 2.76. The number of rotatable bonds is 1. The topological polar surface area (TPSA) is 49.3 Å². The second-order valence-electron chi connectivity index (χ2n) is 2.56. The van der Waals surface area contributed by atoms with Gasteiger partial charge in [0.15, 0.2) is 0 Å². The molecule has 1 aromatic rings. The maximum Gasteiger partial charge on any atom is 0.228 e. The third-order valence-electron chi connectivity index (χ3n) is 1.77. The Hall–Kier alpha value is -1.32. The lowest BCUT2D eigenvalue weighted by atomic mass is 10.2. The zero-order valence-corrected chi connectivity index (χ0v) is 6.06. The fourth-order valence-corrected chi connectivity index (χ4v) is 1.01. The highest BCUT2D eigenvalue weighted by molar-refractivity contribution is 5.33. The van der Waals surface area contributed by atoms with E-state index in [1.54, 1.807) is 6.20 Å². The quantitative estimate of drug-likeness (QED) is 0.630. The van der Waals surface area contributed by atoms with Crippen LogP contribution in [-0.4, -0.2) is 28.2 Å². The van der Waals surface area contributed by atoms with E-state index in [9.17, 15) is 0 Å². The molecule has 1 aliphatic heterocycles. The Balaban J connectivity index is 2.23. The van der Waals surface area contributed by atoms with Crippen molar-refractivity contribution in [1.82, 2.24) is 9.97 Å². The monoisotopic (exact) mass is 151 g/mol. The fourth-order valence-electron chi connectivity index (χ4n) is 1.01. The van der Waals surface area contributed by atoms with Gasteiger partial charge < -0.3 is 10.0 Å². The first-order valence-corrected chi connectivity index (χ1v) is 3.63. The van der Waals surface area contributed by atoms with Gasteiger partial charge >= 0.3 is 0 Å². The molecule has 0 spiro atoms. The summed E-state index contributed by atoms with van der Waals surface area (Å²) in [7, 11) is 0. The van der Waals surface area contributed by atoms with Gasteiger partial charge in [-0.05, 0) is 6.42 Å². The standard InChI is InChI=1S/C7H9N3O/c11-6-2-3-8-7(9-6)10-4-1-5-10/h2-3H,1,4-5H2,(H,8,9,11). The SMILES string of the molecule is Oc1ccnc(N2CCC2)n1. The fraction of sp³-hybridized carbons (Fsp3) is 0.429. The van der Waals surface area contributed by atoms with E-state index in [2.05, 4.69) is 9.97 Å². The highest BCUT2D eigenvalue weighted by Gasteiger charge is 2.16. The zero-order chi connectivity index (χ0) is 7.68. The van der Waals surface area contributed by atoms with Crippen LogP contribution in [0.5, 0.6) is 5.88 Å². The van der Waals surface area contributed by atoms with Crippen molar-refractivity contribution in [2.24, 2.45) is 0 Å². The van der Waals surface area contributed by atoms with E-state index in [1.165, 1.54) is 12.5 Å². The lowest BCUT2D eigenvalue weighted by molar-refractivity contribution is 0.449. The summed E-state index contributed by atoms with van der Waals surface area (Å²) < 4.78 is 0. The van der Waals surface area contributed by atoms with Crippen LogP contribution in [0.25, 0.3) is 0 Å². The molecule has 2 heterocycles. The van der Waals surface area contributed by atoms with Gasteiger partial charge in [0.2, 0.25) is 11.8 Å². The van der Waals surface area contributed by atoms with Crippen molar-refractivity contribution in [3.05, 3.63) is 12.3 Å². The molecule has 1 saturated heterocycles. The van der Waals surface area contributed by atoms with E-state index in [4.69, 9.17) is 5.11 Å². The van der Waals surface area contributed by atoms with Crippen LogP contribution in [0.4, 0.5) is 5.95 Å². The molecule has 0 aromatic carbocycles. The second-order valence-corrected chi connectivity index (χ2v) is 2.56. The van der Waals surface area contributed by atoms with Crippen molar-refractivity contribution in [3.8, 4) is 5.88 Å². The number of aromatic nitrogens is 2. The lowest BCUT2D eigenvalue weighted by Gasteiger charge is -2.30. The first-order chi connectivity index (χ1) is 5.36. The number of hydrogen-bond acceptors (Lipinski definition) is 4. The van der Waals surface area contributed by atoms with Crippen molar-refractivity contribution in [2.45, 2.75) is 6.42 Å². The molecule has 4 nitrogen and oxygen atoms in total. The molecule has 4 heteroatoms. The average molecular weight is 151 g/mol. The third-order valence-corrected chi connectivity index (χ3v) is 1.77. The largest absolute Gasteiger partial charge is 0.493 e. The van der Waals surface area contributed by atoms with Crippen LogP contribution < -0.4 is 4.90 Å². The Bertz CT molecular complexity index is 260. The first-order valence-electron chi connectivity index (χ1n) is 3.63. The molecule has 11 heavy (non-hydrogen) atoms. The Morgan fingerprint density at radius 1 is 1.45 bits per heavy atom. The summed E-state index contributed by atoms with van der Waals surface area (Å²) in [5.41, 5.74) is 0. The van der Waals surface area contributed by atoms with Gasteiger partial charge in [0.25, 0.3) is 0 Å². The van der Waals surface area contributed by atoms with Gasteiger partial charge in [-0.25, -0.2) is 4.98 Å². The van der Waals surface area contributed by atoms with Crippen LogP contribution in [0.1, 0.15) is 6.42 Å². The van der Waals surface area contributed by atoms with Gasteiger partial charge in [-0.2, -0.15) is 4.98 Å². The Labute approximate surface area is 64.5 Å². The minimum Gasteiger partial charge on any atom is -0.493 e. The molecule has 58 valence electrons. The van der Waals surface area contributed by atoms with Gasteiger partial charge in [-0.1, -0.05) is 0 Å². The first kappa shape index (κ1) is 6.39. The Kier molecular flexibility index (Phi) is 1.38. The van der Waals surface area contributed by atoms with Crippen molar-refractivity contribution in [3.63, 3.8) is 0 Å². The zero-order valence-electron chi connectivity index (χ0n) is 6.06. The Morgan fingerprint density at radius 3 is 2.82 bits per heavy atom. The maximum atomic E-state index is 9.00. The molecular formula is C7H9N3O. The molecule has 1 fully saturated rings. The van der Waals surface area contributed by atoms with E-state index in [0.29, 0.717) is 5.95 Å². The number of nitrogens with zero attached hydrogens (tertiary/aromatic N) is 3. The van der Waals surface area contributed by atoms with Crippen LogP contribution in [-0.2, 0) is 0 Å². The molecule has 0 bridgehead atoms. The van der Waals surface area contributed by atoms with Gasteiger partial charge in [0.1, 0.15) is 0 Å². The number of aromatic hydroxyl groups is 1. The summed E-state index contributed by atoms with van der Waals surface area (Å²) >= 11 is 0. The number of hydrogen-bond donors (Lipinski definition) is 1. The molecule has 2 rings (SSSR count). The van der Waals surface area contributed by atoms with Crippen molar-refractivity contribution >= 4 is 5.95 Å². The highest BCUT2D eigenvalue weighted by atomic mass is 16.3. The molecule has 0 amide bonds. The predicted molar refractivity (Wildman–Crippen MR) is 40.5 cm³/mol. The second kappa shape index (κ2) is 2.38. The van der Waals surface area contributed by atoms with Crippen molar-refractivity contribution < 1.29 is 5.11 Å². The van der Waals surface area contributed by atoms with Crippen LogP contribution in [0.2, 0.25) is 0 Å². The van der Waals surface area contributed by atoms with Crippen molar-refractivity contribution in [1.29, 1.82) is 0 Å². The lowest BCUT2D eigenvalue weighted by Crippen LogP contribution is -2.38.